The second-order valence-electron chi connectivity index (χ2n) is 10.1. The number of nitrogens with zero attached hydrogens (tertiary/aromatic N) is 5. The number of nitrogens with one attached hydrogen (secondary N) is 1. The Morgan fingerprint density at radius 2 is 1.86 bits per heavy atom. The van der Waals surface area contributed by atoms with Gasteiger partial charge in [-0.3, -0.25) is 19.0 Å². The lowest BCUT2D eigenvalue weighted by atomic mass is 9.91. The molecule has 42 heavy (non-hydrogen) atoms. The number of sulfonamides is 1. The van der Waals surface area contributed by atoms with Gasteiger partial charge in [-0.1, -0.05) is 35.3 Å². The predicted molar refractivity (Wildman–Crippen MR) is 152 cm³/mol. The topological polar surface area (TPSA) is 166 Å². The molecule has 2 atom stereocenters. The third-order valence-electron chi connectivity index (χ3n) is 7.30. The quantitative estimate of drug-likeness (QED) is 0.383. The number of carboxylic acid groups (broad SMARTS) is 1. The second-order valence-corrected chi connectivity index (χ2v) is 12.9. The van der Waals surface area contributed by atoms with Crippen molar-refractivity contribution < 1.29 is 27.9 Å². The molecule has 3 aromatic rings. The van der Waals surface area contributed by atoms with Gasteiger partial charge in [0.25, 0.3) is 15.9 Å². The van der Waals surface area contributed by atoms with Crippen molar-refractivity contribution in [2.45, 2.75) is 42.8 Å². The Morgan fingerprint density at radius 3 is 2.48 bits per heavy atom. The summed E-state index contributed by atoms with van der Waals surface area (Å²) >= 11 is 12.5. The maximum absolute atomic E-state index is 14.2. The molecule has 2 aliphatic heterocycles. The number of amides is 2. The van der Waals surface area contributed by atoms with Crippen LogP contribution in [0.15, 0.2) is 53.7 Å². The number of anilines is 2. The SMILES string of the molecule is C[C@@]1(Cc2ccc(C#N)cc2)C(=O)N(c2cc(Cl)cc(Cl)c2)c2ncc(S(=O)(=O)N3CCC[C@H]3C(=O)NCC(=O)O)n21. The van der Waals surface area contributed by atoms with Crippen LogP contribution in [0.3, 0.4) is 0 Å². The maximum atomic E-state index is 14.2. The van der Waals surface area contributed by atoms with Gasteiger partial charge in [-0.05, 0) is 55.7 Å². The minimum atomic E-state index is -4.42. The molecule has 0 aliphatic carbocycles. The molecule has 0 unspecified atom stereocenters. The van der Waals surface area contributed by atoms with Crippen LogP contribution in [0.25, 0.3) is 0 Å². The normalized spacial score (nSPS) is 20.4. The molecule has 12 nitrogen and oxygen atoms in total. The number of carbonyl (C=O) groups excluding carboxylic acids is 2. The van der Waals surface area contributed by atoms with E-state index in [0.29, 0.717) is 17.5 Å². The van der Waals surface area contributed by atoms with Crippen LogP contribution in [0, 0.1) is 11.3 Å². The predicted octanol–water partition coefficient (Wildman–Crippen LogP) is 3.05. The standard InChI is InChI=1S/C27H24Cl2N6O6S/c1-27(12-16-4-6-17(13-30)7-5-16)25(39)34(20-10-18(28)9-19(29)11-20)26-32-14-22(35(26)27)42(40,41)33-8-2-3-21(33)24(38)31-15-23(36)37/h4-7,9-11,14,21H,2-3,8,12,15H2,1H3,(H,31,38)(H,36,37)/t21-,27+/m0/s1. The van der Waals surface area contributed by atoms with Crippen molar-refractivity contribution >= 4 is 62.6 Å². The second kappa shape index (κ2) is 11.0. The van der Waals surface area contributed by atoms with Crippen molar-refractivity contribution in [1.29, 1.82) is 5.26 Å². The first kappa shape index (κ1) is 29.5. The highest BCUT2D eigenvalue weighted by Crippen LogP contribution is 2.45. The molecule has 15 heteroatoms. The fourth-order valence-electron chi connectivity index (χ4n) is 5.40. The molecule has 1 fully saturated rings. The molecule has 218 valence electrons. The lowest BCUT2D eigenvalue weighted by Gasteiger charge is -2.29. The number of aliphatic carboxylic acids is 1. The third kappa shape index (κ3) is 5.11. The van der Waals surface area contributed by atoms with E-state index in [0.717, 1.165) is 10.5 Å². The number of benzene rings is 2. The Hall–Kier alpha value is -3.96. The molecular formula is C27H24Cl2N6O6S. The largest absolute Gasteiger partial charge is 0.480 e. The maximum Gasteiger partial charge on any atom is 0.322 e. The molecule has 0 bridgehead atoms. The van der Waals surface area contributed by atoms with Gasteiger partial charge < -0.3 is 10.4 Å². The number of nitriles is 1. The van der Waals surface area contributed by atoms with E-state index >= 15 is 0 Å². The lowest BCUT2D eigenvalue weighted by molar-refractivity contribution is -0.138. The molecule has 2 aliphatic rings. The Labute approximate surface area is 251 Å². The zero-order valence-electron chi connectivity index (χ0n) is 22.1. The summed E-state index contributed by atoms with van der Waals surface area (Å²) in [5.74, 6) is -2.48. The summed E-state index contributed by atoms with van der Waals surface area (Å²) in [6.07, 6.45) is 1.74. The average molecular weight is 631 g/mol. The molecule has 3 heterocycles. The number of aromatic nitrogens is 2. The minimum absolute atomic E-state index is 0.0131. The van der Waals surface area contributed by atoms with Gasteiger partial charge in [0.15, 0.2) is 5.03 Å². The lowest BCUT2D eigenvalue weighted by Crippen LogP contribution is -2.48. The first-order valence-electron chi connectivity index (χ1n) is 12.8. The molecule has 5 rings (SSSR count). The highest BCUT2D eigenvalue weighted by molar-refractivity contribution is 7.89. The van der Waals surface area contributed by atoms with E-state index in [1.807, 2.05) is 6.07 Å². The molecule has 2 N–H and O–H groups in total. The fraction of sp³-hybridized carbons (Fsp3) is 0.296. The third-order valence-corrected chi connectivity index (χ3v) is 9.61. The fourth-order valence-corrected chi connectivity index (χ4v) is 7.76. The average Bonchev–Trinajstić information content (AvgIpc) is 3.65. The van der Waals surface area contributed by atoms with Crippen LogP contribution >= 0.6 is 23.2 Å². The van der Waals surface area contributed by atoms with Crippen molar-refractivity contribution in [2.75, 3.05) is 18.0 Å². The summed E-state index contributed by atoms with van der Waals surface area (Å²) in [6.45, 7) is 0.951. The van der Waals surface area contributed by atoms with Crippen molar-refractivity contribution in [3.05, 3.63) is 69.8 Å². The van der Waals surface area contributed by atoms with Gasteiger partial charge in [-0.25, -0.2) is 18.3 Å². The minimum Gasteiger partial charge on any atom is -0.480 e. The molecule has 1 aromatic heterocycles. The number of hydrogen-bond acceptors (Lipinski definition) is 7. The van der Waals surface area contributed by atoms with Gasteiger partial charge in [0.05, 0.1) is 23.5 Å². The van der Waals surface area contributed by atoms with Crippen LogP contribution in [-0.2, 0) is 36.4 Å². The van der Waals surface area contributed by atoms with E-state index in [1.54, 1.807) is 31.2 Å². The van der Waals surface area contributed by atoms with E-state index in [1.165, 1.54) is 27.7 Å². The van der Waals surface area contributed by atoms with Crippen molar-refractivity contribution in [1.82, 2.24) is 19.2 Å². The van der Waals surface area contributed by atoms with Gasteiger partial charge in [-0.15, -0.1) is 0 Å². The summed E-state index contributed by atoms with van der Waals surface area (Å²) in [5.41, 5.74) is -0.155. The number of imidazole rings is 1. The van der Waals surface area contributed by atoms with Crippen LogP contribution in [0.5, 0.6) is 0 Å². The summed E-state index contributed by atoms with van der Waals surface area (Å²) in [4.78, 5) is 43.6. The van der Waals surface area contributed by atoms with Crippen molar-refractivity contribution in [2.24, 2.45) is 0 Å². The van der Waals surface area contributed by atoms with Crippen LogP contribution in [0.1, 0.15) is 30.9 Å². The Morgan fingerprint density at radius 1 is 1.19 bits per heavy atom. The van der Waals surface area contributed by atoms with E-state index < -0.39 is 45.9 Å². The monoisotopic (exact) mass is 630 g/mol. The molecule has 0 saturated carbocycles. The van der Waals surface area contributed by atoms with E-state index in [2.05, 4.69) is 10.3 Å². The number of rotatable bonds is 8. The highest BCUT2D eigenvalue weighted by atomic mass is 35.5. The van der Waals surface area contributed by atoms with Crippen molar-refractivity contribution in [3.8, 4) is 6.07 Å². The van der Waals surface area contributed by atoms with Gasteiger partial charge in [0.1, 0.15) is 18.1 Å². The van der Waals surface area contributed by atoms with E-state index in [-0.39, 0.29) is 46.1 Å². The van der Waals surface area contributed by atoms with Crippen LogP contribution in [0.4, 0.5) is 11.6 Å². The van der Waals surface area contributed by atoms with Gasteiger partial charge in [-0.2, -0.15) is 9.57 Å². The molecule has 2 aromatic carbocycles. The summed E-state index contributed by atoms with van der Waals surface area (Å²) in [5, 5.41) is 20.6. The first-order valence-corrected chi connectivity index (χ1v) is 15.0. The number of halogens is 2. The Kier molecular flexibility index (Phi) is 7.76. The Balaban J connectivity index is 1.63. The molecular weight excluding hydrogens is 607 g/mol. The van der Waals surface area contributed by atoms with E-state index in [4.69, 9.17) is 28.3 Å². The molecule has 1 saturated heterocycles. The van der Waals surface area contributed by atoms with Crippen LogP contribution < -0.4 is 10.2 Å². The van der Waals surface area contributed by atoms with Crippen molar-refractivity contribution in [3.63, 3.8) is 0 Å². The smallest absolute Gasteiger partial charge is 0.322 e. The first-order chi connectivity index (χ1) is 19.9. The summed E-state index contributed by atoms with van der Waals surface area (Å²) in [6, 6.07) is 12.0. The number of fused-ring (bicyclic) bond motifs is 1. The number of carboxylic acids is 1. The van der Waals surface area contributed by atoms with Gasteiger partial charge in [0.2, 0.25) is 11.9 Å². The molecule has 2 amide bonds. The Bertz CT molecular complexity index is 1730. The van der Waals surface area contributed by atoms with Gasteiger partial charge in [0, 0.05) is 23.0 Å². The summed E-state index contributed by atoms with van der Waals surface area (Å²) < 4.78 is 30.7. The number of carbonyl (C=O) groups is 3. The van der Waals surface area contributed by atoms with Gasteiger partial charge >= 0.3 is 5.97 Å². The zero-order valence-corrected chi connectivity index (χ0v) is 24.4. The summed E-state index contributed by atoms with van der Waals surface area (Å²) in [7, 11) is -4.42. The number of hydrogen-bond donors (Lipinski definition) is 2. The molecule has 0 spiro atoms. The highest BCUT2D eigenvalue weighted by Gasteiger charge is 2.53. The van der Waals surface area contributed by atoms with E-state index in [9.17, 15) is 28.1 Å². The van der Waals surface area contributed by atoms with Crippen LogP contribution in [-0.4, -0.2) is 64.3 Å². The van der Waals surface area contributed by atoms with Crippen LogP contribution in [0.2, 0.25) is 10.0 Å². The zero-order chi connectivity index (χ0) is 30.4. The molecule has 0 radical (unpaired) electrons.